The minimum Gasteiger partial charge on any atom is -0.466 e. The number of ether oxygens (including phenoxy) is 1. The number of aliphatic hydroxyl groups excluding tert-OH is 1. The topological polar surface area (TPSA) is 94.5 Å². The first-order valence-electron chi connectivity index (χ1n) is 24.5. The van der Waals surface area contributed by atoms with Gasteiger partial charge >= 0.3 is 13.8 Å². The summed E-state index contributed by atoms with van der Waals surface area (Å²) in [5.74, 6) is -0.0322. The van der Waals surface area contributed by atoms with Crippen LogP contribution >= 0.6 is 7.82 Å². The summed E-state index contributed by atoms with van der Waals surface area (Å²) >= 11 is 0. The minimum atomic E-state index is -3.51. The van der Waals surface area contributed by atoms with Gasteiger partial charge in [-0.25, -0.2) is 4.57 Å². The first-order valence-corrected chi connectivity index (χ1v) is 26.0. The Bertz CT molecular complexity index is 832. The Morgan fingerprint density at radius 2 is 0.714 bits per heavy atom. The monoisotopic (exact) mass is 818 g/mol. The van der Waals surface area contributed by atoms with Gasteiger partial charge in [0.05, 0.1) is 33.0 Å². The third-order valence-electron chi connectivity index (χ3n) is 10.9. The fraction of sp³-hybridized carbons (Fsp3) is 0.979. The van der Waals surface area contributed by atoms with Crippen LogP contribution in [0.3, 0.4) is 0 Å². The van der Waals surface area contributed by atoms with Crippen molar-refractivity contribution in [1.29, 1.82) is 0 Å². The molecule has 56 heavy (non-hydrogen) atoms. The van der Waals surface area contributed by atoms with Crippen molar-refractivity contribution in [2.75, 3.05) is 52.7 Å². The van der Waals surface area contributed by atoms with Gasteiger partial charge in [0.25, 0.3) is 0 Å². The molecule has 9 heteroatoms. The fourth-order valence-electron chi connectivity index (χ4n) is 7.19. The highest BCUT2D eigenvalue weighted by atomic mass is 31.2. The molecule has 0 rings (SSSR count). The van der Waals surface area contributed by atoms with Crippen molar-refractivity contribution >= 4 is 13.8 Å². The van der Waals surface area contributed by atoms with Crippen LogP contribution in [0.2, 0.25) is 0 Å². The van der Waals surface area contributed by atoms with Crippen molar-refractivity contribution in [3.8, 4) is 0 Å². The smallest absolute Gasteiger partial charge is 0.466 e. The number of carbonyl (C=O) groups excluding carboxylic acids is 1. The largest absolute Gasteiger partial charge is 0.474 e. The zero-order valence-electron chi connectivity index (χ0n) is 37.7. The Labute approximate surface area is 348 Å². The lowest BCUT2D eigenvalue weighted by molar-refractivity contribution is -0.143. The van der Waals surface area contributed by atoms with Gasteiger partial charge in [-0.3, -0.25) is 18.4 Å². The molecule has 1 N–H and O–H groups in total. The maximum absolute atomic E-state index is 13.4. The van der Waals surface area contributed by atoms with E-state index in [4.69, 9.17) is 18.3 Å². The fourth-order valence-corrected chi connectivity index (χ4v) is 8.47. The van der Waals surface area contributed by atoms with Gasteiger partial charge in [-0.1, -0.05) is 194 Å². The molecule has 0 aromatic carbocycles. The predicted molar refractivity (Wildman–Crippen MR) is 239 cm³/mol. The first kappa shape index (κ1) is 55.5. The summed E-state index contributed by atoms with van der Waals surface area (Å²) in [6.45, 7) is 11.7. The Kier molecular flexibility index (Phi) is 45.2. The van der Waals surface area contributed by atoms with Crippen LogP contribution in [0.1, 0.15) is 245 Å². The lowest BCUT2D eigenvalue weighted by Crippen LogP contribution is -2.29. The van der Waals surface area contributed by atoms with Crippen molar-refractivity contribution in [2.24, 2.45) is 0 Å². The summed E-state index contributed by atoms with van der Waals surface area (Å²) in [6, 6.07) is 0. The standard InChI is InChI=1S/C47H96NO7P/c1-4-7-10-13-16-21-29-36-45-54-56(51,53-44-35-28-20-15-12-9-6-3)55-46-37-30-22-17-18-25-32-39-48(41-42-49)40-33-26-23-24-31-38-47(50)52-43-34-27-19-14-11-8-5-2/h49H,4-46H2,1-3H3. The molecule has 0 spiro atoms. The number of rotatable bonds is 48. The lowest BCUT2D eigenvalue weighted by Gasteiger charge is -2.21. The molecule has 0 amide bonds. The van der Waals surface area contributed by atoms with Crippen LogP contribution in [0.4, 0.5) is 0 Å². The number of hydrogen-bond donors (Lipinski definition) is 1. The molecule has 8 nitrogen and oxygen atoms in total. The highest BCUT2D eigenvalue weighted by Gasteiger charge is 2.26. The average Bonchev–Trinajstić information content (AvgIpc) is 3.19. The highest BCUT2D eigenvalue weighted by Crippen LogP contribution is 2.50. The first-order chi connectivity index (χ1) is 27.5. The lowest BCUT2D eigenvalue weighted by atomic mass is 10.1. The van der Waals surface area contributed by atoms with Crippen molar-refractivity contribution in [2.45, 2.75) is 245 Å². The van der Waals surface area contributed by atoms with Crippen LogP contribution in [0, 0.1) is 0 Å². The number of phosphoric acid groups is 1. The molecule has 0 fully saturated rings. The number of nitrogens with zero attached hydrogens (tertiary/aromatic N) is 1. The number of hydrogen-bond acceptors (Lipinski definition) is 8. The third kappa shape index (κ3) is 41.7. The maximum atomic E-state index is 13.4. The second-order valence-electron chi connectivity index (χ2n) is 16.4. The van der Waals surface area contributed by atoms with Crippen LogP contribution < -0.4 is 0 Å². The van der Waals surface area contributed by atoms with Gasteiger partial charge in [-0.2, -0.15) is 0 Å². The second-order valence-corrected chi connectivity index (χ2v) is 18.1. The number of carbonyl (C=O) groups is 1. The van der Waals surface area contributed by atoms with Gasteiger partial charge in [0.1, 0.15) is 0 Å². The number of phosphoric ester groups is 1. The van der Waals surface area contributed by atoms with Gasteiger partial charge in [0.2, 0.25) is 0 Å². The molecule has 336 valence electrons. The van der Waals surface area contributed by atoms with Gasteiger partial charge < -0.3 is 14.7 Å². The van der Waals surface area contributed by atoms with Gasteiger partial charge in [0.15, 0.2) is 0 Å². The van der Waals surface area contributed by atoms with E-state index in [0.29, 0.717) is 32.8 Å². The molecule has 1 unspecified atom stereocenters. The van der Waals surface area contributed by atoms with Crippen LogP contribution in [0.5, 0.6) is 0 Å². The molecule has 1 atom stereocenters. The molecule has 0 aliphatic carbocycles. The van der Waals surface area contributed by atoms with Crippen LogP contribution in [0.15, 0.2) is 0 Å². The molecule has 0 aliphatic heterocycles. The van der Waals surface area contributed by atoms with E-state index < -0.39 is 7.82 Å². The third-order valence-corrected chi connectivity index (χ3v) is 12.4. The molecule has 0 bridgehead atoms. The summed E-state index contributed by atoms with van der Waals surface area (Å²) in [7, 11) is -3.51. The number of aliphatic hydroxyl groups is 1. The predicted octanol–water partition coefficient (Wildman–Crippen LogP) is 14.7. The van der Waals surface area contributed by atoms with E-state index in [-0.39, 0.29) is 12.6 Å². The zero-order valence-corrected chi connectivity index (χ0v) is 38.6. The van der Waals surface area contributed by atoms with E-state index in [2.05, 4.69) is 25.7 Å². The summed E-state index contributed by atoms with van der Waals surface area (Å²) in [5, 5.41) is 9.56. The van der Waals surface area contributed by atoms with Gasteiger partial charge in [0, 0.05) is 13.0 Å². The Morgan fingerprint density at radius 3 is 1.07 bits per heavy atom. The molecule has 0 aromatic heterocycles. The van der Waals surface area contributed by atoms with E-state index in [1.807, 2.05) is 0 Å². The van der Waals surface area contributed by atoms with E-state index in [1.165, 1.54) is 141 Å². The molecule has 0 heterocycles. The number of unbranched alkanes of at least 4 members (excludes halogenated alkanes) is 29. The second kappa shape index (κ2) is 45.6. The normalized spacial score (nSPS) is 12.8. The van der Waals surface area contributed by atoms with Crippen LogP contribution in [0.25, 0.3) is 0 Å². The van der Waals surface area contributed by atoms with E-state index in [0.717, 1.165) is 96.7 Å². The summed E-state index contributed by atoms with van der Waals surface area (Å²) in [4.78, 5) is 14.4. The van der Waals surface area contributed by atoms with E-state index in [1.54, 1.807) is 0 Å². The van der Waals surface area contributed by atoms with Gasteiger partial charge in [-0.05, 0) is 58.0 Å². The summed E-state index contributed by atoms with van der Waals surface area (Å²) in [6.07, 6.45) is 40.6. The van der Waals surface area contributed by atoms with Gasteiger partial charge in [-0.15, -0.1) is 0 Å². The van der Waals surface area contributed by atoms with Crippen LogP contribution in [-0.2, 0) is 27.7 Å². The molecule has 0 radical (unpaired) electrons. The number of esters is 1. The SMILES string of the molecule is CCCCCCCCCCOP(=O)(OCCCCCCCCC)OCCCCCCCCCN(CCO)CCCCCCCC(=O)OCCCCCCCCC. The minimum absolute atomic E-state index is 0.0322. The molecular weight excluding hydrogens is 721 g/mol. The highest BCUT2D eigenvalue weighted by molar-refractivity contribution is 7.48. The molecule has 0 aliphatic rings. The van der Waals surface area contributed by atoms with E-state index in [9.17, 15) is 14.5 Å². The Balaban J connectivity index is 4.01. The summed E-state index contributed by atoms with van der Waals surface area (Å²) < 4.78 is 36.2. The van der Waals surface area contributed by atoms with Crippen molar-refractivity contribution < 1.29 is 32.8 Å². The van der Waals surface area contributed by atoms with Crippen molar-refractivity contribution in [3.05, 3.63) is 0 Å². The van der Waals surface area contributed by atoms with Crippen molar-refractivity contribution in [1.82, 2.24) is 4.90 Å². The van der Waals surface area contributed by atoms with Crippen molar-refractivity contribution in [3.63, 3.8) is 0 Å². The van der Waals surface area contributed by atoms with Crippen LogP contribution in [-0.4, -0.2) is 68.6 Å². The molecule has 0 saturated heterocycles. The summed E-state index contributed by atoms with van der Waals surface area (Å²) in [5.41, 5.74) is 0. The Hall–Kier alpha value is -0.500. The Morgan fingerprint density at radius 1 is 0.411 bits per heavy atom. The zero-order chi connectivity index (χ0) is 40.9. The molecule has 0 aromatic rings. The average molecular weight is 818 g/mol. The molecule has 0 saturated carbocycles. The quantitative estimate of drug-likeness (QED) is 0.0368. The van der Waals surface area contributed by atoms with E-state index >= 15 is 0 Å². The maximum Gasteiger partial charge on any atom is 0.474 e. The molecular formula is C47H96NO7P.